The number of benzene rings is 1. The second-order valence-electron chi connectivity index (χ2n) is 5.82. The van der Waals surface area contributed by atoms with Crippen LogP contribution >= 0.6 is 11.6 Å². The van der Waals surface area contributed by atoms with Crippen molar-refractivity contribution < 1.29 is 14.7 Å². The second kappa shape index (κ2) is 6.06. The number of carbonyl (C=O) groups excluding carboxylic acids is 1. The van der Waals surface area contributed by atoms with Crippen LogP contribution in [0.2, 0.25) is 5.02 Å². The summed E-state index contributed by atoms with van der Waals surface area (Å²) >= 11 is 6.16. The molecule has 4 nitrogen and oxygen atoms in total. The molecule has 1 unspecified atom stereocenters. The molecular weight excluding hydrogens is 290 g/mol. The van der Waals surface area contributed by atoms with Gasteiger partial charge in [-0.2, -0.15) is 0 Å². The first-order chi connectivity index (χ1) is 9.87. The molecule has 1 saturated carbocycles. The molecule has 0 bridgehead atoms. The summed E-state index contributed by atoms with van der Waals surface area (Å²) in [4.78, 5) is 25.4. The minimum absolute atomic E-state index is 0.0631. The van der Waals surface area contributed by atoms with Gasteiger partial charge in [0, 0.05) is 18.5 Å². The maximum atomic E-state index is 12.4. The monoisotopic (exact) mass is 309 g/mol. The maximum absolute atomic E-state index is 12.4. The highest BCUT2D eigenvalue weighted by molar-refractivity contribution is 6.31. The molecular formula is C16H20ClNO3. The molecule has 0 aliphatic heterocycles. The van der Waals surface area contributed by atoms with Crippen molar-refractivity contribution in [2.24, 2.45) is 5.41 Å². The Morgan fingerprint density at radius 1 is 1.38 bits per heavy atom. The molecule has 0 spiro atoms. The third-order valence-electron chi connectivity index (χ3n) is 4.58. The van der Waals surface area contributed by atoms with Crippen LogP contribution in [0.25, 0.3) is 0 Å². The van der Waals surface area contributed by atoms with Crippen LogP contribution < -0.4 is 0 Å². The van der Waals surface area contributed by atoms with E-state index in [9.17, 15) is 14.7 Å². The van der Waals surface area contributed by atoms with E-state index in [1.165, 1.54) is 0 Å². The first kappa shape index (κ1) is 15.8. The Balaban J connectivity index is 2.09. The minimum Gasteiger partial charge on any atom is -0.481 e. The Morgan fingerprint density at radius 3 is 2.48 bits per heavy atom. The summed E-state index contributed by atoms with van der Waals surface area (Å²) in [7, 11) is 1.70. The Bertz CT molecular complexity index is 554. The van der Waals surface area contributed by atoms with E-state index in [1.807, 2.05) is 25.1 Å². The van der Waals surface area contributed by atoms with Crippen LogP contribution in [0.4, 0.5) is 0 Å². The third kappa shape index (κ3) is 3.05. The van der Waals surface area contributed by atoms with Crippen LogP contribution in [-0.2, 0) is 9.59 Å². The van der Waals surface area contributed by atoms with Gasteiger partial charge in [0.15, 0.2) is 0 Å². The lowest BCUT2D eigenvalue weighted by molar-refractivity contribution is -0.159. The molecule has 1 amide bonds. The van der Waals surface area contributed by atoms with Gasteiger partial charge in [0.25, 0.3) is 0 Å². The summed E-state index contributed by atoms with van der Waals surface area (Å²) in [6, 6.07) is 7.20. The smallest absolute Gasteiger partial charge is 0.310 e. The van der Waals surface area contributed by atoms with Gasteiger partial charge in [-0.3, -0.25) is 9.59 Å². The van der Waals surface area contributed by atoms with E-state index in [0.29, 0.717) is 17.9 Å². The molecule has 1 aromatic rings. The fourth-order valence-corrected chi connectivity index (χ4v) is 3.02. The summed E-state index contributed by atoms with van der Waals surface area (Å²) in [5, 5.41) is 9.93. The maximum Gasteiger partial charge on any atom is 0.310 e. The summed E-state index contributed by atoms with van der Waals surface area (Å²) in [6.07, 6.45) is 2.11. The van der Waals surface area contributed by atoms with Gasteiger partial charge in [0.05, 0.1) is 11.5 Å². The van der Waals surface area contributed by atoms with Gasteiger partial charge >= 0.3 is 5.97 Å². The molecule has 1 aliphatic carbocycles. The van der Waals surface area contributed by atoms with Gasteiger partial charge in [-0.25, -0.2) is 0 Å². The lowest BCUT2D eigenvalue weighted by atomic mass is 9.66. The van der Waals surface area contributed by atoms with Gasteiger partial charge in [-0.1, -0.05) is 36.2 Å². The van der Waals surface area contributed by atoms with E-state index in [0.717, 1.165) is 12.0 Å². The predicted octanol–water partition coefficient (Wildman–Crippen LogP) is 3.50. The van der Waals surface area contributed by atoms with Crippen molar-refractivity contribution in [3.63, 3.8) is 0 Å². The van der Waals surface area contributed by atoms with Crippen molar-refractivity contribution in [1.82, 2.24) is 4.90 Å². The van der Waals surface area contributed by atoms with Crippen LogP contribution in [0.15, 0.2) is 24.3 Å². The average Bonchev–Trinajstić information content (AvgIpc) is 2.41. The molecule has 114 valence electrons. The molecule has 1 atom stereocenters. The van der Waals surface area contributed by atoms with Crippen LogP contribution in [0.3, 0.4) is 0 Å². The summed E-state index contributed by atoms with van der Waals surface area (Å²) in [5.74, 6) is -1.01. The minimum atomic E-state index is -0.860. The molecule has 0 saturated heterocycles. The quantitative estimate of drug-likeness (QED) is 0.905. The Labute approximate surface area is 129 Å². The molecule has 0 heterocycles. The summed E-state index contributed by atoms with van der Waals surface area (Å²) in [5.41, 5.74) is 0.0129. The van der Waals surface area contributed by atoms with Gasteiger partial charge < -0.3 is 10.0 Å². The van der Waals surface area contributed by atoms with Crippen LogP contribution in [0.1, 0.15) is 44.2 Å². The average molecular weight is 310 g/mol. The fourth-order valence-electron chi connectivity index (χ4n) is 2.72. The first-order valence-electron chi connectivity index (χ1n) is 7.11. The molecule has 0 aromatic heterocycles. The highest BCUT2D eigenvalue weighted by Gasteiger charge is 2.46. The third-order valence-corrected chi connectivity index (χ3v) is 4.93. The largest absolute Gasteiger partial charge is 0.481 e. The van der Waals surface area contributed by atoms with Crippen molar-refractivity contribution in [2.45, 2.75) is 38.6 Å². The van der Waals surface area contributed by atoms with Gasteiger partial charge in [0.1, 0.15) is 0 Å². The number of nitrogens with zero attached hydrogens (tertiary/aromatic N) is 1. The SMILES string of the molecule is CC(c1ccccc1Cl)N(C)C(=O)CC1(C(=O)O)CCC1. The first-order valence-corrected chi connectivity index (χ1v) is 7.49. The lowest BCUT2D eigenvalue weighted by Gasteiger charge is -2.38. The zero-order valence-electron chi connectivity index (χ0n) is 12.3. The standard InChI is InChI=1S/C16H20ClNO3/c1-11(12-6-3-4-7-13(12)17)18(2)14(19)10-16(15(20)21)8-5-9-16/h3-4,6-7,11H,5,8-10H2,1-2H3,(H,20,21). The van der Waals surface area contributed by atoms with Crippen LogP contribution in [0.5, 0.6) is 0 Å². The highest BCUT2D eigenvalue weighted by atomic mass is 35.5. The number of rotatable bonds is 5. The number of carboxylic acids is 1. The Hall–Kier alpha value is -1.55. The number of amides is 1. The number of carboxylic acid groups (broad SMARTS) is 1. The van der Waals surface area contributed by atoms with E-state index in [-0.39, 0.29) is 18.4 Å². The number of carbonyl (C=O) groups is 2. The summed E-state index contributed by atoms with van der Waals surface area (Å²) < 4.78 is 0. The molecule has 1 N–H and O–H groups in total. The Morgan fingerprint density at radius 2 is 2.00 bits per heavy atom. The van der Waals surface area contributed by atoms with Crippen molar-refractivity contribution in [2.75, 3.05) is 7.05 Å². The Kier molecular flexibility index (Phi) is 4.57. The normalized spacial score (nSPS) is 17.7. The molecule has 1 aliphatic rings. The zero-order chi connectivity index (χ0) is 15.6. The van der Waals surface area contributed by atoms with E-state index >= 15 is 0 Å². The van der Waals surface area contributed by atoms with Crippen molar-refractivity contribution in [3.8, 4) is 0 Å². The van der Waals surface area contributed by atoms with Gasteiger partial charge in [0.2, 0.25) is 5.91 Å². The number of hydrogen-bond acceptors (Lipinski definition) is 2. The van der Waals surface area contributed by atoms with E-state index in [1.54, 1.807) is 18.0 Å². The number of aliphatic carboxylic acids is 1. The molecule has 0 radical (unpaired) electrons. The van der Waals surface area contributed by atoms with Crippen molar-refractivity contribution >= 4 is 23.5 Å². The van der Waals surface area contributed by atoms with E-state index in [4.69, 9.17) is 11.6 Å². The van der Waals surface area contributed by atoms with Crippen LogP contribution in [-0.4, -0.2) is 28.9 Å². The number of halogens is 1. The lowest BCUT2D eigenvalue weighted by Crippen LogP contribution is -2.43. The zero-order valence-corrected chi connectivity index (χ0v) is 13.1. The molecule has 5 heteroatoms. The molecule has 1 aromatic carbocycles. The second-order valence-corrected chi connectivity index (χ2v) is 6.23. The van der Waals surface area contributed by atoms with E-state index in [2.05, 4.69) is 0 Å². The summed E-state index contributed by atoms with van der Waals surface area (Å²) in [6.45, 7) is 1.90. The molecule has 2 rings (SSSR count). The van der Waals surface area contributed by atoms with Crippen molar-refractivity contribution in [1.29, 1.82) is 0 Å². The molecule has 21 heavy (non-hydrogen) atoms. The number of hydrogen-bond donors (Lipinski definition) is 1. The van der Waals surface area contributed by atoms with Gasteiger partial charge in [-0.05, 0) is 31.4 Å². The molecule has 1 fully saturated rings. The van der Waals surface area contributed by atoms with Crippen molar-refractivity contribution in [3.05, 3.63) is 34.9 Å². The highest BCUT2D eigenvalue weighted by Crippen LogP contribution is 2.45. The topological polar surface area (TPSA) is 57.6 Å². The fraction of sp³-hybridized carbons (Fsp3) is 0.500. The van der Waals surface area contributed by atoms with Crippen LogP contribution in [0, 0.1) is 5.41 Å². The van der Waals surface area contributed by atoms with Gasteiger partial charge in [-0.15, -0.1) is 0 Å². The predicted molar refractivity (Wildman–Crippen MR) is 81.2 cm³/mol. The van der Waals surface area contributed by atoms with E-state index < -0.39 is 11.4 Å².